The highest BCUT2D eigenvalue weighted by Crippen LogP contribution is 2.25. The minimum Gasteiger partial charge on any atom is -0.336 e. The molecule has 1 aliphatic heterocycles. The van der Waals surface area contributed by atoms with Crippen molar-refractivity contribution in [1.82, 2.24) is 19.4 Å². The Kier molecular flexibility index (Phi) is 5.59. The molecule has 0 aliphatic carbocycles. The van der Waals surface area contributed by atoms with E-state index in [1.165, 1.54) is 34.8 Å². The smallest absolute Gasteiger partial charge is 0.257 e. The highest BCUT2D eigenvalue weighted by Gasteiger charge is 2.31. The SMILES string of the molecule is O=C(c1cn[nH]c1-c1ccc(F)cc1)N1CCN(S(=O)(=O)c2cccc(Cl)c2)CC1. The Labute approximate surface area is 178 Å². The number of piperazine rings is 1. The van der Waals surface area contributed by atoms with Crippen molar-refractivity contribution in [2.75, 3.05) is 26.2 Å². The second-order valence-corrected chi connectivity index (χ2v) is 9.19. The summed E-state index contributed by atoms with van der Waals surface area (Å²) in [7, 11) is -3.69. The van der Waals surface area contributed by atoms with Gasteiger partial charge in [0.1, 0.15) is 5.82 Å². The highest BCUT2D eigenvalue weighted by molar-refractivity contribution is 7.89. The Morgan fingerprint density at radius 3 is 2.43 bits per heavy atom. The molecule has 0 saturated carbocycles. The molecule has 2 aromatic carbocycles. The van der Waals surface area contributed by atoms with Crippen molar-refractivity contribution in [1.29, 1.82) is 0 Å². The van der Waals surface area contributed by atoms with E-state index in [-0.39, 0.29) is 42.8 Å². The van der Waals surface area contributed by atoms with Gasteiger partial charge in [-0.15, -0.1) is 0 Å². The molecule has 0 unspecified atom stereocenters. The van der Waals surface area contributed by atoms with Crippen molar-refractivity contribution in [3.8, 4) is 11.3 Å². The first-order valence-corrected chi connectivity index (χ1v) is 11.0. The maximum Gasteiger partial charge on any atom is 0.257 e. The van der Waals surface area contributed by atoms with Gasteiger partial charge in [-0.05, 0) is 42.5 Å². The van der Waals surface area contributed by atoms with Crippen molar-refractivity contribution in [3.63, 3.8) is 0 Å². The summed E-state index contributed by atoms with van der Waals surface area (Å²) in [6.45, 7) is 0.827. The molecule has 1 saturated heterocycles. The van der Waals surface area contributed by atoms with Crippen molar-refractivity contribution in [2.24, 2.45) is 0 Å². The predicted molar refractivity (Wildman–Crippen MR) is 110 cm³/mol. The van der Waals surface area contributed by atoms with Crippen molar-refractivity contribution >= 4 is 27.5 Å². The van der Waals surface area contributed by atoms with E-state index in [0.717, 1.165) is 0 Å². The van der Waals surface area contributed by atoms with Gasteiger partial charge in [0.05, 0.1) is 22.3 Å². The number of carbonyl (C=O) groups is 1. The Balaban J connectivity index is 1.48. The van der Waals surface area contributed by atoms with Gasteiger partial charge < -0.3 is 4.90 Å². The zero-order chi connectivity index (χ0) is 21.3. The van der Waals surface area contributed by atoms with Crippen LogP contribution in [-0.2, 0) is 10.0 Å². The van der Waals surface area contributed by atoms with Gasteiger partial charge in [-0.25, -0.2) is 12.8 Å². The Hall–Kier alpha value is -2.75. The van der Waals surface area contributed by atoms with Crippen LogP contribution in [0.1, 0.15) is 10.4 Å². The molecule has 1 N–H and O–H groups in total. The summed E-state index contributed by atoms with van der Waals surface area (Å²) in [5, 5.41) is 7.08. The van der Waals surface area contributed by atoms with Crippen LogP contribution in [0.15, 0.2) is 59.6 Å². The van der Waals surface area contributed by atoms with Gasteiger partial charge in [-0.1, -0.05) is 17.7 Å². The summed E-state index contributed by atoms with van der Waals surface area (Å²) in [6.07, 6.45) is 1.43. The molecule has 0 atom stereocenters. The molecule has 1 amide bonds. The molecule has 3 aromatic rings. The Bertz CT molecular complexity index is 1170. The summed E-state index contributed by atoms with van der Waals surface area (Å²) in [5.41, 5.74) is 1.49. The number of aromatic nitrogens is 2. The summed E-state index contributed by atoms with van der Waals surface area (Å²) in [4.78, 5) is 14.7. The molecule has 1 aliphatic rings. The third-order valence-corrected chi connectivity index (χ3v) is 7.09. The van der Waals surface area contributed by atoms with Crippen LogP contribution in [0.3, 0.4) is 0 Å². The fourth-order valence-corrected chi connectivity index (χ4v) is 5.09. The lowest BCUT2D eigenvalue weighted by molar-refractivity contribution is 0.0698. The first-order chi connectivity index (χ1) is 14.4. The number of carbonyl (C=O) groups excluding carboxylic acids is 1. The average Bonchev–Trinajstić information content (AvgIpc) is 3.24. The average molecular weight is 449 g/mol. The first-order valence-electron chi connectivity index (χ1n) is 9.20. The molecule has 156 valence electrons. The number of hydrogen-bond acceptors (Lipinski definition) is 4. The lowest BCUT2D eigenvalue weighted by Crippen LogP contribution is -2.50. The molecule has 10 heteroatoms. The van der Waals surface area contributed by atoms with Crippen LogP contribution < -0.4 is 0 Å². The standard InChI is InChI=1S/C20H18ClFN4O3S/c21-15-2-1-3-17(12-15)30(28,29)26-10-8-25(9-11-26)20(27)18-13-23-24-19(18)14-4-6-16(22)7-5-14/h1-7,12-13H,8-11H2,(H,23,24). The number of rotatable bonds is 4. The number of halogens is 2. The van der Waals surface area contributed by atoms with E-state index < -0.39 is 10.0 Å². The van der Waals surface area contributed by atoms with Crippen LogP contribution in [0.5, 0.6) is 0 Å². The van der Waals surface area contributed by atoms with Crippen LogP contribution in [-0.4, -0.2) is 59.9 Å². The minimum absolute atomic E-state index is 0.128. The number of nitrogens with one attached hydrogen (secondary N) is 1. The van der Waals surface area contributed by atoms with E-state index >= 15 is 0 Å². The van der Waals surface area contributed by atoms with Crippen LogP contribution in [0.4, 0.5) is 4.39 Å². The second kappa shape index (κ2) is 8.17. The van der Waals surface area contributed by atoms with E-state index in [2.05, 4.69) is 10.2 Å². The van der Waals surface area contributed by atoms with Gasteiger partial charge in [0.25, 0.3) is 5.91 Å². The number of nitrogens with zero attached hydrogens (tertiary/aromatic N) is 3. The van der Waals surface area contributed by atoms with Crippen LogP contribution in [0.2, 0.25) is 5.02 Å². The quantitative estimate of drug-likeness (QED) is 0.664. The van der Waals surface area contributed by atoms with Crippen LogP contribution in [0, 0.1) is 5.82 Å². The number of benzene rings is 2. The molecule has 0 bridgehead atoms. The topological polar surface area (TPSA) is 86.4 Å². The van der Waals surface area contributed by atoms with Crippen molar-refractivity contribution in [2.45, 2.75) is 4.90 Å². The van der Waals surface area contributed by atoms with Crippen molar-refractivity contribution in [3.05, 3.63) is 71.1 Å². The third-order valence-electron chi connectivity index (χ3n) is 4.96. The second-order valence-electron chi connectivity index (χ2n) is 6.82. The van der Waals surface area contributed by atoms with Gasteiger partial charge in [-0.2, -0.15) is 9.40 Å². The van der Waals surface area contributed by atoms with Crippen LogP contribution >= 0.6 is 11.6 Å². The highest BCUT2D eigenvalue weighted by atomic mass is 35.5. The third kappa shape index (κ3) is 3.96. The predicted octanol–water partition coefficient (Wildman–Crippen LogP) is 3.02. The fraction of sp³-hybridized carbons (Fsp3) is 0.200. The number of amides is 1. The normalized spacial score (nSPS) is 15.3. The lowest BCUT2D eigenvalue weighted by Gasteiger charge is -2.34. The summed E-state index contributed by atoms with van der Waals surface area (Å²) in [5.74, 6) is -0.633. The number of sulfonamides is 1. The molecular formula is C20H18ClFN4O3S. The molecule has 1 fully saturated rings. The first kappa shape index (κ1) is 20.5. The molecule has 0 radical (unpaired) electrons. The van der Waals surface area contributed by atoms with Gasteiger partial charge in [0.15, 0.2) is 0 Å². The molecule has 1 aromatic heterocycles. The zero-order valence-electron chi connectivity index (χ0n) is 15.8. The Morgan fingerprint density at radius 1 is 1.07 bits per heavy atom. The number of aromatic amines is 1. The van der Waals surface area contributed by atoms with Gasteiger partial charge >= 0.3 is 0 Å². The lowest BCUT2D eigenvalue weighted by atomic mass is 10.1. The molecule has 2 heterocycles. The summed E-state index contributed by atoms with van der Waals surface area (Å²) < 4.78 is 40.2. The number of H-pyrrole nitrogens is 1. The Morgan fingerprint density at radius 2 is 1.77 bits per heavy atom. The molecule has 7 nitrogen and oxygen atoms in total. The van der Waals surface area contributed by atoms with Gasteiger partial charge in [-0.3, -0.25) is 9.89 Å². The molecular weight excluding hydrogens is 431 g/mol. The van der Waals surface area contributed by atoms with Crippen molar-refractivity contribution < 1.29 is 17.6 Å². The monoisotopic (exact) mass is 448 g/mol. The fourth-order valence-electron chi connectivity index (χ4n) is 3.36. The zero-order valence-corrected chi connectivity index (χ0v) is 17.3. The van der Waals surface area contributed by atoms with E-state index in [9.17, 15) is 17.6 Å². The molecule has 4 rings (SSSR count). The summed E-state index contributed by atoms with van der Waals surface area (Å²) >= 11 is 5.92. The maximum absolute atomic E-state index is 13.2. The molecule has 30 heavy (non-hydrogen) atoms. The van der Waals surface area contributed by atoms with Crippen LogP contribution in [0.25, 0.3) is 11.3 Å². The largest absolute Gasteiger partial charge is 0.336 e. The van der Waals surface area contributed by atoms with E-state index in [1.54, 1.807) is 29.2 Å². The van der Waals surface area contributed by atoms with Gasteiger partial charge in [0.2, 0.25) is 10.0 Å². The molecule has 0 spiro atoms. The van der Waals surface area contributed by atoms with E-state index in [0.29, 0.717) is 21.8 Å². The van der Waals surface area contributed by atoms with E-state index in [4.69, 9.17) is 11.6 Å². The van der Waals surface area contributed by atoms with Gasteiger partial charge in [0, 0.05) is 36.8 Å². The minimum atomic E-state index is -3.69. The number of hydrogen-bond donors (Lipinski definition) is 1. The maximum atomic E-state index is 13.2. The summed E-state index contributed by atoms with van der Waals surface area (Å²) in [6, 6.07) is 11.9. The van der Waals surface area contributed by atoms with E-state index in [1.807, 2.05) is 0 Å².